The molecule has 0 unspecified atom stereocenters. The molecular weight excluding hydrogens is 287 g/mol. The van der Waals surface area contributed by atoms with E-state index >= 15 is 0 Å². The Balaban J connectivity index is 2.07. The van der Waals surface area contributed by atoms with Gasteiger partial charge < -0.3 is 5.32 Å². The van der Waals surface area contributed by atoms with Crippen molar-refractivity contribution in [2.45, 2.75) is 13.5 Å². The second-order valence-corrected chi connectivity index (χ2v) is 4.54. The number of hydrogen-bond donors (Lipinski definition) is 1. The summed E-state index contributed by atoms with van der Waals surface area (Å²) < 4.78 is 0. The van der Waals surface area contributed by atoms with E-state index in [1.54, 1.807) is 19.2 Å². The number of aromatic nitrogens is 3. The maximum atomic E-state index is 11.9. The van der Waals surface area contributed by atoms with Crippen molar-refractivity contribution < 1.29 is 4.79 Å². The average molecular weight is 297 g/mol. The molecule has 0 fully saturated rings. The van der Waals surface area contributed by atoms with Crippen LogP contribution >= 0.6 is 23.2 Å². The Morgan fingerprint density at radius 2 is 2.05 bits per heavy atom. The second-order valence-electron chi connectivity index (χ2n) is 3.74. The molecule has 2 rings (SSSR count). The first kappa shape index (κ1) is 13.7. The van der Waals surface area contributed by atoms with Crippen LogP contribution in [0.3, 0.4) is 0 Å². The van der Waals surface area contributed by atoms with Gasteiger partial charge in [-0.25, -0.2) is 15.0 Å². The number of amides is 1. The molecule has 1 amide bonds. The van der Waals surface area contributed by atoms with Gasteiger partial charge in [0.05, 0.1) is 17.3 Å². The summed E-state index contributed by atoms with van der Waals surface area (Å²) in [5.74, 6) is 0.245. The fraction of sp³-hybridized carbons (Fsp3) is 0.167. The van der Waals surface area contributed by atoms with E-state index in [0.717, 1.165) is 0 Å². The van der Waals surface area contributed by atoms with Crippen LogP contribution in [0.2, 0.25) is 10.2 Å². The molecular formula is C12H10Cl2N4O. The van der Waals surface area contributed by atoms with Crippen LogP contribution in [0.25, 0.3) is 0 Å². The van der Waals surface area contributed by atoms with Crippen molar-refractivity contribution in [3.8, 4) is 0 Å². The Kier molecular flexibility index (Phi) is 4.29. The zero-order valence-electron chi connectivity index (χ0n) is 10.0. The lowest BCUT2D eigenvalue weighted by Crippen LogP contribution is -2.24. The van der Waals surface area contributed by atoms with Crippen LogP contribution in [-0.2, 0) is 6.54 Å². The van der Waals surface area contributed by atoms with Crippen molar-refractivity contribution in [3.05, 3.63) is 51.8 Å². The predicted octanol–water partition coefficient (Wildman–Crippen LogP) is 2.42. The molecule has 0 saturated heterocycles. The van der Waals surface area contributed by atoms with Crippen molar-refractivity contribution in [1.82, 2.24) is 20.3 Å². The number of nitrogens with zero attached hydrogens (tertiary/aromatic N) is 3. The molecule has 0 spiro atoms. The Morgan fingerprint density at radius 1 is 1.26 bits per heavy atom. The lowest BCUT2D eigenvalue weighted by Gasteiger charge is -2.06. The van der Waals surface area contributed by atoms with Crippen LogP contribution in [0.1, 0.15) is 22.0 Å². The molecule has 2 aromatic rings. The fourth-order valence-electron chi connectivity index (χ4n) is 1.44. The lowest BCUT2D eigenvalue weighted by molar-refractivity contribution is 0.0945. The normalized spacial score (nSPS) is 10.3. The van der Waals surface area contributed by atoms with E-state index in [0.29, 0.717) is 11.5 Å². The van der Waals surface area contributed by atoms with E-state index in [9.17, 15) is 4.79 Å². The van der Waals surface area contributed by atoms with Gasteiger partial charge in [-0.05, 0) is 25.1 Å². The van der Waals surface area contributed by atoms with Gasteiger partial charge in [-0.15, -0.1) is 0 Å². The van der Waals surface area contributed by atoms with Crippen molar-refractivity contribution in [1.29, 1.82) is 0 Å². The summed E-state index contributed by atoms with van der Waals surface area (Å²) in [5.41, 5.74) is 0.805. The number of nitrogens with one attached hydrogen (secondary N) is 1. The van der Waals surface area contributed by atoms with E-state index in [4.69, 9.17) is 23.2 Å². The Labute approximate surface area is 120 Å². The van der Waals surface area contributed by atoms with Crippen LogP contribution in [0.5, 0.6) is 0 Å². The quantitative estimate of drug-likeness (QED) is 0.883. The summed E-state index contributed by atoms with van der Waals surface area (Å²) in [6.45, 7) is 2.05. The Morgan fingerprint density at radius 3 is 2.79 bits per heavy atom. The number of hydrogen-bond acceptors (Lipinski definition) is 4. The first-order valence-electron chi connectivity index (χ1n) is 5.45. The van der Waals surface area contributed by atoms with Gasteiger partial charge in [0, 0.05) is 6.20 Å². The standard InChI is InChI=1S/C12H10Cl2N4O/c1-7-15-5-4-8(17-7)6-16-12(19)11-9(13)2-3-10(14)18-11/h2-5H,6H2,1H3,(H,16,19). The first-order valence-corrected chi connectivity index (χ1v) is 6.20. The molecule has 0 aliphatic heterocycles. The largest absolute Gasteiger partial charge is 0.345 e. The molecule has 0 saturated carbocycles. The summed E-state index contributed by atoms with van der Waals surface area (Å²) in [4.78, 5) is 24.0. The monoisotopic (exact) mass is 296 g/mol. The molecule has 5 nitrogen and oxygen atoms in total. The predicted molar refractivity (Wildman–Crippen MR) is 72.2 cm³/mol. The van der Waals surface area contributed by atoms with Gasteiger partial charge in [0.2, 0.25) is 0 Å². The minimum atomic E-state index is -0.399. The minimum absolute atomic E-state index is 0.0972. The van der Waals surface area contributed by atoms with Gasteiger partial charge in [0.15, 0.2) is 0 Å². The number of pyridine rings is 1. The third-order valence-electron chi connectivity index (χ3n) is 2.29. The number of carbonyl (C=O) groups is 1. The van der Waals surface area contributed by atoms with E-state index in [1.165, 1.54) is 12.1 Å². The first-order chi connectivity index (χ1) is 9.06. The summed E-state index contributed by atoms with van der Waals surface area (Å²) in [6.07, 6.45) is 1.63. The van der Waals surface area contributed by atoms with Crippen LogP contribution in [0, 0.1) is 6.92 Å². The molecule has 0 bridgehead atoms. The highest BCUT2D eigenvalue weighted by molar-refractivity contribution is 6.34. The second kappa shape index (κ2) is 5.95. The molecule has 2 heterocycles. The summed E-state index contributed by atoms with van der Waals surface area (Å²) in [6, 6.07) is 4.77. The zero-order chi connectivity index (χ0) is 13.8. The maximum absolute atomic E-state index is 11.9. The number of rotatable bonds is 3. The maximum Gasteiger partial charge on any atom is 0.271 e. The highest BCUT2D eigenvalue weighted by Crippen LogP contribution is 2.16. The SMILES string of the molecule is Cc1nccc(CNC(=O)c2nc(Cl)ccc2Cl)n1. The molecule has 0 aliphatic carbocycles. The third-order valence-corrected chi connectivity index (χ3v) is 2.81. The third kappa shape index (κ3) is 3.62. The molecule has 19 heavy (non-hydrogen) atoms. The molecule has 1 N–H and O–H groups in total. The summed E-state index contributed by atoms with van der Waals surface area (Å²) in [5, 5.41) is 3.14. The highest BCUT2D eigenvalue weighted by Gasteiger charge is 2.12. The highest BCUT2D eigenvalue weighted by atomic mass is 35.5. The van der Waals surface area contributed by atoms with E-state index < -0.39 is 5.91 Å². The molecule has 2 aromatic heterocycles. The van der Waals surface area contributed by atoms with Crippen LogP contribution in [-0.4, -0.2) is 20.9 Å². The minimum Gasteiger partial charge on any atom is -0.345 e. The van der Waals surface area contributed by atoms with Gasteiger partial charge in [0.1, 0.15) is 16.7 Å². The summed E-state index contributed by atoms with van der Waals surface area (Å²) >= 11 is 11.6. The molecule has 7 heteroatoms. The van der Waals surface area contributed by atoms with Crippen molar-refractivity contribution in [3.63, 3.8) is 0 Å². The smallest absolute Gasteiger partial charge is 0.271 e. The Bertz CT molecular complexity index is 618. The van der Waals surface area contributed by atoms with Crippen molar-refractivity contribution in [2.75, 3.05) is 0 Å². The zero-order valence-corrected chi connectivity index (χ0v) is 11.5. The summed E-state index contributed by atoms with van der Waals surface area (Å²) in [7, 11) is 0. The van der Waals surface area contributed by atoms with Gasteiger partial charge in [-0.1, -0.05) is 23.2 Å². The van der Waals surface area contributed by atoms with Gasteiger partial charge in [0.25, 0.3) is 5.91 Å². The van der Waals surface area contributed by atoms with Gasteiger partial charge in [-0.2, -0.15) is 0 Å². The number of carbonyl (C=O) groups excluding carboxylic acids is 1. The van der Waals surface area contributed by atoms with Crippen LogP contribution in [0.15, 0.2) is 24.4 Å². The molecule has 0 aliphatic rings. The van der Waals surface area contributed by atoms with Crippen LogP contribution in [0.4, 0.5) is 0 Å². The van der Waals surface area contributed by atoms with Crippen molar-refractivity contribution in [2.24, 2.45) is 0 Å². The average Bonchev–Trinajstić information content (AvgIpc) is 2.39. The van der Waals surface area contributed by atoms with E-state index in [1.807, 2.05) is 0 Å². The molecule has 0 atom stereocenters. The lowest BCUT2D eigenvalue weighted by atomic mass is 10.3. The number of halogens is 2. The van der Waals surface area contributed by atoms with Gasteiger partial charge in [-0.3, -0.25) is 4.79 Å². The topological polar surface area (TPSA) is 67.8 Å². The van der Waals surface area contributed by atoms with E-state index in [-0.39, 0.29) is 22.4 Å². The van der Waals surface area contributed by atoms with Crippen LogP contribution < -0.4 is 5.32 Å². The van der Waals surface area contributed by atoms with E-state index in [2.05, 4.69) is 20.3 Å². The Hall–Kier alpha value is -1.72. The molecule has 98 valence electrons. The van der Waals surface area contributed by atoms with Gasteiger partial charge >= 0.3 is 0 Å². The number of aryl methyl sites for hydroxylation is 1. The van der Waals surface area contributed by atoms with Crippen molar-refractivity contribution >= 4 is 29.1 Å². The molecule has 0 aromatic carbocycles. The molecule has 0 radical (unpaired) electrons. The fourth-order valence-corrected chi connectivity index (χ4v) is 1.77.